The number of ketones is 1. The summed E-state index contributed by atoms with van der Waals surface area (Å²) in [7, 11) is 0. The molecule has 1 saturated heterocycles. The molecule has 1 aliphatic heterocycles. The van der Waals surface area contributed by atoms with Gasteiger partial charge in [-0.1, -0.05) is 24.3 Å². The average Bonchev–Trinajstić information content (AvgIpc) is 2.80. The van der Waals surface area contributed by atoms with E-state index in [1.807, 2.05) is 30.3 Å². The Morgan fingerprint density at radius 2 is 1.61 bits per heavy atom. The van der Waals surface area contributed by atoms with Gasteiger partial charge in [-0.2, -0.15) is 0 Å². The number of carbonyl (C=O) groups excluding carboxylic acids is 2. The molecule has 0 saturated carbocycles. The Bertz CT molecular complexity index is 1080. The predicted octanol–water partition coefficient (Wildman–Crippen LogP) is 3.83. The molecule has 1 fully saturated rings. The SMILES string of the molecule is CC(=O)c1cccc(NC(=O)Nc2cccc(-c3ccc(N4CCOCC4)nn3)c2)c1. The van der Waals surface area contributed by atoms with Gasteiger partial charge in [-0.15, -0.1) is 10.2 Å². The highest BCUT2D eigenvalue weighted by Gasteiger charge is 2.13. The molecule has 0 spiro atoms. The molecule has 8 nitrogen and oxygen atoms in total. The van der Waals surface area contributed by atoms with Crippen LogP contribution in [0.5, 0.6) is 0 Å². The van der Waals surface area contributed by atoms with Gasteiger partial charge >= 0.3 is 6.03 Å². The molecule has 1 aromatic heterocycles. The summed E-state index contributed by atoms with van der Waals surface area (Å²) in [5.74, 6) is 0.769. The lowest BCUT2D eigenvalue weighted by Gasteiger charge is -2.27. The van der Waals surface area contributed by atoms with E-state index in [1.54, 1.807) is 30.3 Å². The zero-order chi connectivity index (χ0) is 21.6. The van der Waals surface area contributed by atoms with Gasteiger partial charge in [0.25, 0.3) is 0 Å². The van der Waals surface area contributed by atoms with Crippen molar-refractivity contribution < 1.29 is 14.3 Å². The first kappa shape index (κ1) is 20.5. The Hall–Kier alpha value is -3.78. The van der Waals surface area contributed by atoms with Gasteiger partial charge in [-0.25, -0.2) is 4.79 Å². The molecular weight excluding hydrogens is 394 g/mol. The molecule has 2 amide bonds. The highest BCUT2D eigenvalue weighted by Crippen LogP contribution is 2.22. The Balaban J connectivity index is 1.42. The summed E-state index contributed by atoms with van der Waals surface area (Å²) in [4.78, 5) is 26.0. The molecule has 0 unspecified atom stereocenters. The number of nitrogens with one attached hydrogen (secondary N) is 2. The number of morpholine rings is 1. The number of anilines is 3. The maximum atomic E-state index is 12.4. The van der Waals surface area contributed by atoms with Crippen LogP contribution in [0.2, 0.25) is 0 Å². The van der Waals surface area contributed by atoms with E-state index in [2.05, 4.69) is 25.7 Å². The first-order chi connectivity index (χ1) is 15.1. The van der Waals surface area contributed by atoms with Gasteiger partial charge in [0.2, 0.25) is 0 Å². The van der Waals surface area contributed by atoms with Gasteiger partial charge in [0, 0.05) is 35.6 Å². The first-order valence-electron chi connectivity index (χ1n) is 10.0. The number of benzene rings is 2. The fourth-order valence-corrected chi connectivity index (χ4v) is 3.31. The van der Waals surface area contributed by atoms with Crippen molar-refractivity contribution in [3.8, 4) is 11.3 Å². The first-order valence-corrected chi connectivity index (χ1v) is 10.0. The lowest BCUT2D eigenvalue weighted by molar-refractivity contribution is 0.101. The summed E-state index contributed by atoms with van der Waals surface area (Å²) in [5, 5.41) is 14.2. The second-order valence-corrected chi connectivity index (χ2v) is 7.17. The molecule has 31 heavy (non-hydrogen) atoms. The van der Waals surface area contributed by atoms with E-state index in [0.29, 0.717) is 30.2 Å². The summed E-state index contributed by atoms with van der Waals surface area (Å²) in [6.45, 7) is 4.48. The molecule has 0 bridgehead atoms. The third kappa shape index (κ3) is 5.23. The third-order valence-electron chi connectivity index (χ3n) is 4.93. The molecule has 8 heteroatoms. The molecule has 2 N–H and O–H groups in total. The third-order valence-corrected chi connectivity index (χ3v) is 4.93. The number of Topliss-reactive ketones (excluding diaryl/α,β-unsaturated/α-hetero) is 1. The van der Waals surface area contributed by atoms with Crippen LogP contribution < -0.4 is 15.5 Å². The van der Waals surface area contributed by atoms with E-state index in [0.717, 1.165) is 30.2 Å². The normalized spacial score (nSPS) is 13.5. The van der Waals surface area contributed by atoms with E-state index < -0.39 is 6.03 Å². The molecule has 0 radical (unpaired) electrons. The number of aromatic nitrogens is 2. The van der Waals surface area contributed by atoms with E-state index in [9.17, 15) is 9.59 Å². The summed E-state index contributed by atoms with van der Waals surface area (Å²) in [6, 6.07) is 17.7. The minimum absolute atomic E-state index is 0.0579. The van der Waals surface area contributed by atoms with Crippen LogP contribution in [0, 0.1) is 0 Å². The smallest absolute Gasteiger partial charge is 0.323 e. The van der Waals surface area contributed by atoms with Crippen LogP contribution in [0.25, 0.3) is 11.3 Å². The lowest BCUT2D eigenvalue weighted by atomic mass is 10.1. The maximum absolute atomic E-state index is 12.4. The molecule has 158 valence electrons. The quantitative estimate of drug-likeness (QED) is 0.613. The molecule has 0 aliphatic carbocycles. The summed E-state index contributed by atoms with van der Waals surface area (Å²) in [5.41, 5.74) is 3.27. The molecule has 2 heterocycles. The van der Waals surface area contributed by atoms with E-state index in [1.165, 1.54) is 6.92 Å². The highest BCUT2D eigenvalue weighted by molar-refractivity contribution is 6.01. The van der Waals surface area contributed by atoms with Crippen molar-refractivity contribution in [1.29, 1.82) is 0 Å². The van der Waals surface area contributed by atoms with E-state index >= 15 is 0 Å². The van der Waals surface area contributed by atoms with Crippen LogP contribution in [-0.4, -0.2) is 48.3 Å². The summed E-state index contributed by atoms with van der Waals surface area (Å²) >= 11 is 0. The average molecular weight is 417 g/mol. The van der Waals surface area contributed by atoms with Gasteiger partial charge < -0.3 is 20.3 Å². The number of carbonyl (C=O) groups is 2. The molecule has 4 rings (SSSR count). The zero-order valence-electron chi connectivity index (χ0n) is 17.2. The second-order valence-electron chi connectivity index (χ2n) is 7.17. The Morgan fingerprint density at radius 3 is 2.29 bits per heavy atom. The summed E-state index contributed by atoms with van der Waals surface area (Å²) < 4.78 is 5.37. The second kappa shape index (κ2) is 9.36. The fraction of sp³-hybridized carbons (Fsp3) is 0.217. The van der Waals surface area contributed by atoms with Crippen molar-refractivity contribution in [3.05, 3.63) is 66.2 Å². The van der Waals surface area contributed by atoms with Crippen molar-refractivity contribution in [2.75, 3.05) is 41.8 Å². The summed E-state index contributed by atoms with van der Waals surface area (Å²) in [6.07, 6.45) is 0. The van der Waals surface area contributed by atoms with Crippen molar-refractivity contribution in [1.82, 2.24) is 10.2 Å². The van der Waals surface area contributed by atoms with Crippen molar-refractivity contribution in [3.63, 3.8) is 0 Å². The largest absolute Gasteiger partial charge is 0.378 e. The number of hydrogen-bond acceptors (Lipinski definition) is 6. The van der Waals surface area contributed by atoms with Crippen molar-refractivity contribution in [2.24, 2.45) is 0 Å². The Morgan fingerprint density at radius 1 is 0.903 bits per heavy atom. The number of ether oxygens (including phenoxy) is 1. The van der Waals surface area contributed by atoms with Gasteiger partial charge in [-0.05, 0) is 43.3 Å². The topological polar surface area (TPSA) is 96.5 Å². The maximum Gasteiger partial charge on any atom is 0.323 e. The number of hydrogen-bond donors (Lipinski definition) is 2. The molecule has 2 aromatic carbocycles. The number of nitrogens with zero attached hydrogens (tertiary/aromatic N) is 3. The molecule has 0 atom stereocenters. The lowest BCUT2D eigenvalue weighted by Crippen LogP contribution is -2.36. The Kier molecular flexibility index (Phi) is 6.18. The Labute approximate surface area is 180 Å². The standard InChI is InChI=1S/C23H23N5O3/c1-16(29)17-4-2-6-19(14-17)24-23(30)25-20-7-3-5-18(15-20)21-8-9-22(27-26-21)28-10-12-31-13-11-28/h2-9,14-15H,10-13H2,1H3,(H2,24,25,30). The van der Waals surface area contributed by atoms with Gasteiger partial charge in [0.05, 0.1) is 18.9 Å². The minimum atomic E-state index is -0.397. The van der Waals surface area contributed by atoms with Gasteiger partial charge in [0.1, 0.15) is 0 Å². The van der Waals surface area contributed by atoms with Gasteiger partial charge in [0.15, 0.2) is 11.6 Å². The molecule has 1 aliphatic rings. The number of urea groups is 1. The van der Waals surface area contributed by atoms with Crippen LogP contribution in [0.1, 0.15) is 17.3 Å². The molecule has 3 aromatic rings. The van der Waals surface area contributed by atoms with Crippen molar-refractivity contribution in [2.45, 2.75) is 6.92 Å². The number of rotatable bonds is 5. The number of amides is 2. The van der Waals surface area contributed by atoms with E-state index in [4.69, 9.17) is 4.74 Å². The highest BCUT2D eigenvalue weighted by atomic mass is 16.5. The van der Waals surface area contributed by atoms with E-state index in [-0.39, 0.29) is 5.78 Å². The fourth-order valence-electron chi connectivity index (χ4n) is 3.31. The zero-order valence-corrected chi connectivity index (χ0v) is 17.2. The van der Waals surface area contributed by atoms with Crippen LogP contribution in [0.4, 0.5) is 22.0 Å². The van der Waals surface area contributed by atoms with Crippen LogP contribution in [-0.2, 0) is 4.74 Å². The van der Waals surface area contributed by atoms with Crippen LogP contribution in [0.15, 0.2) is 60.7 Å². The van der Waals surface area contributed by atoms with Crippen molar-refractivity contribution >= 4 is 29.0 Å². The van der Waals surface area contributed by atoms with Crippen LogP contribution in [0.3, 0.4) is 0 Å². The van der Waals surface area contributed by atoms with Crippen LogP contribution >= 0.6 is 0 Å². The van der Waals surface area contributed by atoms with Gasteiger partial charge in [-0.3, -0.25) is 4.79 Å². The molecular formula is C23H23N5O3. The minimum Gasteiger partial charge on any atom is -0.378 e. The predicted molar refractivity (Wildman–Crippen MR) is 120 cm³/mol. The monoisotopic (exact) mass is 417 g/mol.